The highest BCUT2D eigenvalue weighted by molar-refractivity contribution is 7.78. The van der Waals surface area contributed by atoms with Gasteiger partial charge in [-0.2, -0.15) is 0 Å². The molecule has 3 rings (SSSR count). The molecule has 0 fully saturated rings. The summed E-state index contributed by atoms with van der Waals surface area (Å²) >= 11 is 0. The Bertz CT molecular complexity index is 760. The molecule has 0 aliphatic heterocycles. The molecule has 0 heterocycles. The summed E-state index contributed by atoms with van der Waals surface area (Å²) in [5, 5.41) is 5.26. The summed E-state index contributed by atoms with van der Waals surface area (Å²) in [5.74, 6) is 0. The van der Waals surface area contributed by atoms with Gasteiger partial charge in [-0.3, -0.25) is 0 Å². The smallest absolute Gasteiger partial charge is 0.156 e. The van der Waals surface area contributed by atoms with Crippen molar-refractivity contribution in [2.75, 3.05) is 6.29 Å². The van der Waals surface area contributed by atoms with Gasteiger partial charge in [0.1, 0.15) is 0 Å². The van der Waals surface area contributed by atoms with E-state index >= 15 is 0 Å². The van der Waals surface area contributed by atoms with Crippen molar-refractivity contribution >= 4 is 17.8 Å². The first kappa shape index (κ1) is 16.7. The van der Waals surface area contributed by atoms with E-state index < -0.39 is 7.14 Å². The molecule has 2 nitrogen and oxygen atoms in total. The van der Waals surface area contributed by atoms with Crippen LogP contribution in [0.25, 0.3) is 0 Å². The van der Waals surface area contributed by atoms with Gasteiger partial charge in [0, 0.05) is 16.7 Å². The van der Waals surface area contributed by atoms with Crippen LogP contribution in [0.15, 0.2) is 91.0 Å². The van der Waals surface area contributed by atoms with Crippen molar-refractivity contribution in [3.63, 3.8) is 0 Å². The average molecular weight is 335 g/mol. The fourth-order valence-corrected chi connectivity index (χ4v) is 5.30. The van der Waals surface area contributed by atoms with Crippen LogP contribution in [0.2, 0.25) is 0 Å². The Hall–Kier alpha value is -2.15. The summed E-state index contributed by atoms with van der Waals surface area (Å²) in [7, 11) is -2.71. The second-order valence-electron chi connectivity index (χ2n) is 5.91. The maximum Gasteiger partial charge on any atom is 0.156 e. The zero-order valence-electron chi connectivity index (χ0n) is 13.8. The van der Waals surface area contributed by atoms with E-state index in [1.807, 2.05) is 78.9 Å². The van der Waals surface area contributed by atoms with Crippen molar-refractivity contribution in [2.45, 2.75) is 13.0 Å². The predicted octanol–water partition coefficient (Wildman–Crippen LogP) is 4.31. The number of nitrogens with one attached hydrogen (secondary N) is 1. The number of rotatable bonds is 6. The predicted molar refractivity (Wildman–Crippen MR) is 103 cm³/mol. The van der Waals surface area contributed by atoms with Gasteiger partial charge < -0.3 is 9.88 Å². The molecule has 122 valence electrons. The number of hydrogen-bond donors (Lipinski definition) is 1. The highest BCUT2D eigenvalue weighted by Gasteiger charge is 2.27. The van der Waals surface area contributed by atoms with Gasteiger partial charge in [0.15, 0.2) is 7.14 Å². The van der Waals surface area contributed by atoms with Crippen LogP contribution in [-0.4, -0.2) is 6.29 Å². The maximum atomic E-state index is 13.9. The summed E-state index contributed by atoms with van der Waals surface area (Å²) in [5.41, 5.74) is 1.20. The molecule has 0 amide bonds. The molecule has 3 aromatic rings. The van der Waals surface area contributed by atoms with Crippen LogP contribution >= 0.6 is 7.14 Å². The van der Waals surface area contributed by atoms with Gasteiger partial charge in [-0.15, -0.1) is 0 Å². The van der Waals surface area contributed by atoms with Crippen molar-refractivity contribution < 1.29 is 4.57 Å². The van der Waals surface area contributed by atoms with E-state index in [0.29, 0.717) is 6.29 Å². The van der Waals surface area contributed by atoms with E-state index in [2.05, 4.69) is 24.4 Å². The van der Waals surface area contributed by atoms with Crippen LogP contribution in [0, 0.1) is 0 Å². The van der Waals surface area contributed by atoms with Crippen LogP contribution in [0.5, 0.6) is 0 Å². The standard InChI is InChI=1S/C21H22NOP/c1-18(19-11-5-2-6-12-19)22-17-24(23,20-13-7-3-8-14-20)21-15-9-4-10-16-21/h2-16,18,22H,17H2,1H3. The van der Waals surface area contributed by atoms with E-state index in [4.69, 9.17) is 0 Å². The van der Waals surface area contributed by atoms with Gasteiger partial charge in [0.2, 0.25) is 0 Å². The lowest BCUT2D eigenvalue weighted by Crippen LogP contribution is -2.28. The Morgan fingerprint density at radius 3 is 1.62 bits per heavy atom. The molecular formula is C21H22NOP. The average Bonchev–Trinajstić information content (AvgIpc) is 2.68. The number of hydrogen-bond acceptors (Lipinski definition) is 2. The van der Waals surface area contributed by atoms with E-state index in [9.17, 15) is 4.57 Å². The second-order valence-corrected chi connectivity index (χ2v) is 8.73. The third-order valence-corrected chi connectivity index (χ3v) is 7.16. The summed E-state index contributed by atoms with van der Waals surface area (Å²) in [6.07, 6.45) is 0.442. The Morgan fingerprint density at radius 1 is 0.750 bits per heavy atom. The van der Waals surface area contributed by atoms with Crippen LogP contribution in [-0.2, 0) is 4.57 Å². The topological polar surface area (TPSA) is 29.1 Å². The summed E-state index contributed by atoms with van der Waals surface area (Å²) in [6.45, 7) is 2.11. The molecule has 0 aliphatic rings. The minimum Gasteiger partial charge on any atom is -0.312 e. The van der Waals surface area contributed by atoms with Gasteiger partial charge >= 0.3 is 0 Å². The monoisotopic (exact) mass is 335 g/mol. The minimum absolute atomic E-state index is 0.145. The highest BCUT2D eigenvalue weighted by Crippen LogP contribution is 2.42. The largest absolute Gasteiger partial charge is 0.312 e. The Balaban J connectivity index is 1.88. The van der Waals surface area contributed by atoms with Crippen LogP contribution < -0.4 is 15.9 Å². The molecule has 0 saturated heterocycles. The molecule has 3 aromatic carbocycles. The van der Waals surface area contributed by atoms with E-state index in [0.717, 1.165) is 10.6 Å². The SMILES string of the molecule is CC(NCP(=O)(c1ccccc1)c1ccccc1)c1ccccc1. The molecular weight excluding hydrogens is 313 g/mol. The van der Waals surface area contributed by atoms with Gasteiger partial charge in [0.25, 0.3) is 0 Å². The molecule has 0 aliphatic carbocycles. The lowest BCUT2D eigenvalue weighted by atomic mass is 10.1. The Morgan fingerprint density at radius 2 is 1.17 bits per heavy atom. The zero-order chi connectivity index (χ0) is 16.8. The van der Waals surface area contributed by atoms with Crippen molar-refractivity contribution in [1.82, 2.24) is 5.32 Å². The van der Waals surface area contributed by atoms with Gasteiger partial charge in [0.05, 0.1) is 6.29 Å². The molecule has 0 aromatic heterocycles. The van der Waals surface area contributed by atoms with Crippen LogP contribution in [0.1, 0.15) is 18.5 Å². The fraction of sp³-hybridized carbons (Fsp3) is 0.143. The van der Waals surface area contributed by atoms with Crippen LogP contribution in [0.4, 0.5) is 0 Å². The summed E-state index contributed by atoms with van der Waals surface area (Å²) in [4.78, 5) is 0. The second kappa shape index (κ2) is 7.61. The van der Waals surface area contributed by atoms with Gasteiger partial charge in [-0.05, 0) is 12.5 Å². The quantitative estimate of drug-likeness (QED) is 0.680. The molecule has 24 heavy (non-hydrogen) atoms. The first-order chi connectivity index (χ1) is 11.7. The highest BCUT2D eigenvalue weighted by atomic mass is 31.2. The molecule has 3 heteroatoms. The molecule has 0 saturated carbocycles. The Labute approximate surface area is 143 Å². The molecule has 1 unspecified atom stereocenters. The zero-order valence-corrected chi connectivity index (χ0v) is 14.7. The van der Waals surface area contributed by atoms with Gasteiger partial charge in [-0.1, -0.05) is 91.0 Å². The van der Waals surface area contributed by atoms with Crippen LogP contribution in [0.3, 0.4) is 0 Å². The van der Waals surface area contributed by atoms with E-state index in [1.54, 1.807) is 0 Å². The normalized spacial score (nSPS) is 12.7. The fourth-order valence-electron chi connectivity index (χ4n) is 2.79. The molecule has 1 N–H and O–H groups in total. The lowest BCUT2D eigenvalue weighted by molar-refractivity contribution is 0.569. The lowest BCUT2D eigenvalue weighted by Gasteiger charge is -2.23. The van der Waals surface area contributed by atoms with Crippen molar-refractivity contribution in [3.8, 4) is 0 Å². The molecule has 0 spiro atoms. The van der Waals surface area contributed by atoms with Gasteiger partial charge in [-0.25, -0.2) is 0 Å². The molecule has 0 bridgehead atoms. The van der Waals surface area contributed by atoms with Crippen molar-refractivity contribution in [3.05, 3.63) is 96.6 Å². The van der Waals surface area contributed by atoms with Crippen molar-refractivity contribution in [1.29, 1.82) is 0 Å². The molecule has 1 atom stereocenters. The Kier molecular flexibility index (Phi) is 5.30. The minimum atomic E-state index is -2.71. The first-order valence-corrected chi connectivity index (χ1v) is 10.1. The first-order valence-electron chi connectivity index (χ1n) is 8.19. The summed E-state index contributed by atoms with van der Waals surface area (Å²) < 4.78 is 13.9. The van der Waals surface area contributed by atoms with Crippen molar-refractivity contribution in [2.24, 2.45) is 0 Å². The van der Waals surface area contributed by atoms with E-state index in [-0.39, 0.29) is 6.04 Å². The third kappa shape index (κ3) is 3.67. The number of benzene rings is 3. The maximum absolute atomic E-state index is 13.9. The van der Waals surface area contributed by atoms with E-state index in [1.165, 1.54) is 5.56 Å². The third-order valence-electron chi connectivity index (χ3n) is 4.27. The molecule has 0 radical (unpaired) electrons. The summed E-state index contributed by atoms with van der Waals surface area (Å²) in [6, 6.07) is 30.0.